The summed E-state index contributed by atoms with van der Waals surface area (Å²) in [6, 6.07) is 1.00. The average Bonchev–Trinajstić information content (AvgIpc) is 2.03. The number of hydrogen-bond acceptors (Lipinski definition) is 2. The zero-order valence-electron chi connectivity index (χ0n) is 6.85. The number of nitrogens with one attached hydrogen (secondary N) is 1. The molecule has 0 aromatic rings. The highest BCUT2D eigenvalue weighted by Gasteiger charge is 2.20. The molecular formula is C8H17IN2. The Morgan fingerprint density at radius 2 is 2.09 bits per heavy atom. The highest BCUT2D eigenvalue weighted by Crippen LogP contribution is 2.16. The molecule has 0 spiro atoms. The van der Waals surface area contributed by atoms with Gasteiger partial charge in [0.1, 0.15) is 0 Å². The van der Waals surface area contributed by atoms with Crippen molar-refractivity contribution in [2.75, 3.05) is 11.0 Å². The lowest BCUT2D eigenvalue weighted by Crippen LogP contribution is -2.47. The molecule has 1 saturated carbocycles. The zero-order chi connectivity index (χ0) is 8.10. The van der Waals surface area contributed by atoms with E-state index < -0.39 is 0 Å². The van der Waals surface area contributed by atoms with Crippen LogP contribution in [0.15, 0.2) is 0 Å². The van der Waals surface area contributed by atoms with E-state index in [1.165, 1.54) is 30.1 Å². The van der Waals surface area contributed by atoms with Crippen LogP contribution in [0.1, 0.15) is 25.7 Å². The second-order valence-electron chi connectivity index (χ2n) is 3.20. The molecule has 1 aliphatic carbocycles. The van der Waals surface area contributed by atoms with Crippen LogP contribution in [-0.2, 0) is 0 Å². The van der Waals surface area contributed by atoms with Crippen molar-refractivity contribution in [2.45, 2.75) is 37.8 Å². The zero-order valence-corrected chi connectivity index (χ0v) is 9.01. The maximum absolute atomic E-state index is 5.95. The summed E-state index contributed by atoms with van der Waals surface area (Å²) in [5.41, 5.74) is 5.95. The Hall–Kier alpha value is 0.650. The second-order valence-corrected chi connectivity index (χ2v) is 4.28. The Bertz CT molecular complexity index is 108. The summed E-state index contributed by atoms with van der Waals surface area (Å²) in [7, 11) is 0. The molecule has 3 N–H and O–H groups in total. The number of hydrogen-bond donors (Lipinski definition) is 2. The van der Waals surface area contributed by atoms with Crippen LogP contribution in [0.2, 0.25) is 0 Å². The summed E-state index contributed by atoms with van der Waals surface area (Å²) in [6.45, 7) is 1.11. The molecule has 0 bridgehead atoms. The van der Waals surface area contributed by atoms with Gasteiger partial charge in [-0.25, -0.2) is 0 Å². The molecule has 66 valence electrons. The topological polar surface area (TPSA) is 38.0 Å². The maximum atomic E-state index is 5.95. The first-order valence-electron chi connectivity index (χ1n) is 4.39. The van der Waals surface area contributed by atoms with Crippen molar-refractivity contribution in [1.82, 2.24) is 5.32 Å². The minimum atomic E-state index is 0.409. The summed E-state index contributed by atoms with van der Waals surface area (Å²) < 4.78 is 1.18. The molecule has 0 radical (unpaired) electrons. The number of rotatable bonds is 3. The van der Waals surface area contributed by atoms with E-state index in [9.17, 15) is 0 Å². The molecule has 11 heavy (non-hydrogen) atoms. The fraction of sp³-hybridized carbons (Fsp3) is 1.00. The highest BCUT2D eigenvalue weighted by atomic mass is 127. The fourth-order valence-electron chi connectivity index (χ4n) is 1.65. The van der Waals surface area contributed by atoms with Gasteiger partial charge >= 0.3 is 0 Å². The van der Waals surface area contributed by atoms with Crippen molar-refractivity contribution in [3.05, 3.63) is 0 Å². The van der Waals surface area contributed by atoms with Gasteiger partial charge in [0.15, 0.2) is 0 Å². The van der Waals surface area contributed by atoms with Gasteiger partial charge in [0.2, 0.25) is 0 Å². The van der Waals surface area contributed by atoms with E-state index in [1.807, 2.05) is 0 Å². The summed E-state index contributed by atoms with van der Waals surface area (Å²) in [5, 5.41) is 3.49. The maximum Gasteiger partial charge on any atom is 0.0219 e. The quantitative estimate of drug-likeness (QED) is 0.597. The summed E-state index contributed by atoms with van der Waals surface area (Å²) in [4.78, 5) is 0. The molecule has 0 saturated heterocycles. The van der Waals surface area contributed by atoms with Crippen LogP contribution in [0.3, 0.4) is 0 Å². The van der Waals surface area contributed by atoms with E-state index in [4.69, 9.17) is 5.73 Å². The fourth-order valence-corrected chi connectivity index (χ4v) is 1.96. The van der Waals surface area contributed by atoms with Gasteiger partial charge in [-0.05, 0) is 12.8 Å². The van der Waals surface area contributed by atoms with Gasteiger partial charge in [0, 0.05) is 23.1 Å². The Morgan fingerprint density at radius 3 is 2.73 bits per heavy atom. The number of alkyl halides is 1. The summed E-state index contributed by atoms with van der Waals surface area (Å²) >= 11 is 2.39. The third-order valence-corrected chi connectivity index (χ3v) is 2.86. The summed E-state index contributed by atoms with van der Waals surface area (Å²) in [5.74, 6) is 0. The Morgan fingerprint density at radius 1 is 1.36 bits per heavy atom. The minimum absolute atomic E-state index is 0.409. The van der Waals surface area contributed by atoms with E-state index in [2.05, 4.69) is 27.9 Å². The number of halogens is 1. The van der Waals surface area contributed by atoms with Crippen LogP contribution in [0.5, 0.6) is 0 Å². The van der Waals surface area contributed by atoms with Gasteiger partial charge in [-0.1, -0.05) is 35.4 Å². The second kappa shape index (κ2) is 5.32. The molecule has 2 nitrogen and oxygen atoms in total. The van der Waals surface area contributed by atoms with Crippen LogP contribution in [0, 0.1) is 0 Å². The predicted octanol–water partition coefficient (Wildman–Crippen LogP) is 1.28. The molecule has 0 heterocycles. The van der Waals surface area contributed by atoms with Crippen LogP contribution in [-0.4, -0.2) is 23.1 Å². The Balaban J connectivity index is 2.18. The molecule has 0 aromatic carbocycles. The molecule has 0 aromatic heterocycles. The van der Waals surface area contributed by atoms with Gasteiger partial charge < -0.3 is 11.1 Å². The molecular weight excluding hydrogens is 251 g/mol. The third-order valence-electron chi connectivity index (χ3n) is 2.32. The van der Waals surface area contributed by atoms with Gasteiger partial charge in [0.05, 0.1) is 0 Å². The van der Waals surface area contributed by atoms with Gasteiger partial charge in [-0.3, -0.25) is 0 Å². The van der Waals surface area contributed by atoms with Crippen molar-refractivity contribution in [3.63, 3.8) is 0 Å². The van der Waals surface area contributed by atoms with E-state index in [1.54, 1.807) is 0 Å². The Labute approximate surface area is 82.4 Å². The monoisotopic (exact) mass is 268 g/mol. The van der Waals surface area contributed by atoms with Crippen molar-refractivity contribution in [1.29, 1.82) is 0 Å². The van der Waals surface area contributed by atoms with Crippen molar-refractivity contribution in [3.8, 4) is 0 Å². The van der Waals surface area contributed by atoms with Crippen molar-refractivity contribution in [2.24, 2.45) is 5.73 Å². The van der Waals surface area contributed by atoms with Crippen molar-refractivity contribution >= 4 is 22.6 Å². The van der Waals surface area contributed by atoms with E-state index >= 15 is 0 Å². The first-order chi connectivity index (χ1) is 5.34. The summed E-state index contributed by atoms with van der Waals surface area (Å²) in [6.07, 6.45) is 5.16. The van der Waals surface area contributed by atoms with Crippen LogP contribution < -0.4 is 11.1 Å². The van der Waals surface area contributed by atoms with Gasteiger partial charge in [-0.2, -0.15) is 0 Å². The van der Waals surface area contributed by atoms with Gasteiger partial charge in [-0.15, -0.1) is 0 Å². The van der Waals surface area contributed by atoms with Crippen LogP contribution in [0.4, 0.5) is 0 Å². The predicted molar refractivity (Wildman–Crippen MR) is 57.1 cm³/mol. The molecule has 3 heteroatoms. The van der Waals surface area contributed by atoms with Crippen LogP contribution in [0.25, 0.3) is 0 Å². The number of nitrogens with two attached hydrogens (primary N) is 1. The molecule has 2 atom stereocenters. The smallest absolute Gasteiger partial charge is 0.0219 e. The lowest BCUT2D eigenvalue weighted by molar-refractivity contribution is 0.334. The molecule has 0 aliphatic heterocycles. The SMILES string of the molecule is NC1CCCCC1NCCI. The largest absolute Gasteiger partial charge is 0.326 e. The molecule has 2 unspecified atom stereocenters. The lowest BCUT2D eigenvalue weighted by atomic mass is 9.91. The first-order valence-corrected chi connectivity index (χ1v) is 5.92. The normalized spacial score (nSPS) is 32.2. The first kappa shape index (κ1) is 9.74. The molecule has 1 fully saturated rings. The lowest BCUT2D eigenvalue weighted by Gasteiger charge is -2.29. The highest BCUT2D eigenvalue weighted by molar-refractivity contribution is 14.1. The van der Waals surface area contributed by atoms with Crippen molar-refractivity contribution < 1.29 is 0 Å². The average molecular weight is 268 g/mol. The van der Waals surface area contributed by atoms with E-state index in [0.717, 1.165) is 6.54 Å². The Kier molecular flexibility index (Phi) is 4.71. The van der Waals surface area contributed by atoms with Gasteiger partial charge in [0.25, 0.3) is 0 Å². The van der Waals surface area contributed by atoms with Crippen LogP contribution >= 0.6 is 22.6 Å². The third kappa shape index (κ3) is 3.25. The standard InChI is InChI=1S/C8H17IN2/c9-5-6-11-8-4-2-1-3-7(8)10/h7-8,11H,1-6,10H2. The molecule has 1 aliphatic rings. The molecule has 0 amide bonds. The molecule has 1 rings (SSSR count). The van der Waals surface area contributed by atoms with E-state index in [-0.39, 0.29) is 0 Å². The minimum Gasteiger partial charge on any atom is -0.326 e. The van der Waals surface area contributed by atoms with E-state index in [0.29, 0.717) is 12.1 Å².